The standard InChI is InChI=1S/C33H41Cl2N3O4S/c1-5-24(3)36-33(40)31(22-26-11-8-7-9-12-26)37(23-27-16-19-29(34)30(35)21-27)32(39)13-10-20-38(43(4,41)42)28-17-14-25(6-2)15-18-28/h7-9,11-12,14-19,21,24,31H,5-6,10,13,20,22-23H2,1-4H3,(H,36,40). The molecule has 0 saturated carbocycles. The molecule has 10 heteroatoms. The fraction of sp³-hybridized carbons (Fsp3) is 0.394. The Morgan fingerprint density at radius 2 is 1.53 bits per heavy atom. The van der Waals surface area contributed by atoms with Crippen LogP contribution in [0.15, 0.2) is 72.8 Å². The third kappa shape index (κ3) is 10.3. The minimum Gasteiger partial charge on any atom is -0.352 e. The van der Waals surface area contributed by atoms with Crippen LogP contribution >= 0.6 is 23.2 Å². The van der Waals surface area contributed by atoms with E-state index in [1.165, 1.54) is 4.31 Å². The number of halogens is 2. The van der Waals surface area contributed by atoms with Crippen LogP contribution in [0.4, 0.5) is 5.69 Å². The summed E-state index contributed by atoms with van der Waals surface area (Å²) in [6.07, 6.45) is 3.37. The Labute approximate surface area is 266 Å². The van der Waals surface area contributed by atoms with E-state index in [0.717, 1.165) is 35.8 Å². The van der Waals surface area contributed by atoms with Crippen LogP contribution in [0.2, 0.25) is 10.0 Å². The fourth-order valence-electron chi connectivity index (χ4n) is 4.73. The number of hydrogen-bond donors (Lipinski definition) is 1. The monoisotopic (exact) mass is 645 g/mol. The van der Waals surface area contributed by atoms with Gasteiger partial charge in [-0.2, -0.15) is 0 Å². The summed E-state index contributed by atoms with van der Waals surface area (Å²) in [5.74, 6) is -0.513. The first kappa shape index (κ1) is 34.4. The molecule has 232 valence electrons. The molecule has 3 aromatic carbocycles. The molecule has 0 fully saturated rings. The normalized spacial score (nSPS) is 12.8. The van der Waals surface area contributed by atoms with Gasteiger partial charge in [0.25, 0.3) is 0 Å². The minimum atomic E-state index is -3.58. The Morgan fingerprint density at radius 3 is 2.12 bits per heavy atom. The lowest BCUT2D eigenvalue weighted by Gasteiger charge is -2.33. The van der Waals surface area contributed by atoms with Crippen LogP contribution in [0.3, 0.4) is 0 Å². The van der Waals surface area contributed by atoms with Crippen molar-refractivity contribution in [3.05, 3.63) is 99.5 Å². The number of aryl methyl sites for hydroxylation is 1. The SMILES string of the molecule is CCc1ccc(N(CCCC(=O)N(Cc2ccc(Cl)c(Cl)c2)C(Cc2ccccc2)C(=O)NC(C)CC)S(C)(=O)=O)cc1. The molecule has 3 rings (SSSR count). The van der Waals surface area contributed by atoms with Crippen molar-refractivity contribution in [2.24, 2.45) is 0 Å². The van der Waals surface area contributed by atoms with Crippen LogP contribution in [0.1, 0.15) is 56.7 Å². The molecule has 0 heterocycles. The number of amides is 2. The minimum absolute atomic E-state index is 0.0439. The zero-order valence-corrected chi connectivity index (χ0v) is 27.6. The summed E-state index contributed by atoms with van der Waals surface area (Å²) in [6, 6.07) is 21.2. The van der Waals surface area contributed by atoms with Crippen molar-refractivity contribution in [1.29, 1.82) is 0 Å². The number of sulfonamides is 1. The van der Waals surface area contributed by atoms with Gasteiger partial charge in [0.15, 0.2) is 0 Å². The molecular formula is C33H41Cl2N3O4S. The van der Waals surface area contributed by atoms with E-state index in [0.29, 0.717) is 22.2 Å². The molecule has 0 spiro atoms. The first-order valence-corrected chi connectivity index (χ1v) is 17.2. The average Bonchev–Trinajstić information content (AvgIpc) is 2.98. The highest BCUT2D eigenvalue weighted by Gasteiger charge is 2.31. The molecule has 1 N–H and O–H groups in total. The number of anilines is 1. The van der Waals surface area contributed by atoms with Gasteiger partial charge in [0.2, 0.25) is 21.8 Å². The number of hydrogen-bond acceptors (Lipinski definition) is 4. The third-order valence-electron chi connectivity index (χ3n) is 7.39. The highest BCUT2D eigenvalue weighted by atomic mass is 35.5. The van der Waals surface area contributed by atoms with E-state index >= 15 is 0 Å². The molecule has 0 aliphatic rings. The molecule has 0 bridgehead atoms. The molecule has 7 nitrogen and oxygen atoms in total. The topological polar surface area (TPSA) is 86.8 Å². The maximum atomic E-state index is 14.0. The van der Waals surface area contributed by atoms with Gasteiger partial charge in [-0.05, 0) is 67.1 Å². The number of rotatable bonds is 15. The number of carbonyl (C=O) groups is 2. The van der Waals surface area contributed by atoms with Crippen LogP contribution < -0.4 is 9.62 Å². The number of carbonyl (C=O) groups excluding carboxylic acids is 2. The van der Waals surface area contributed by atoms with E-state index in [4.69, 9.17) is 23.2 Å². The maximum absolute atomic E-state index is 14.0. The number of nitrogens with one attached hydrogen (secondary N) is 1. The smallest absolute Gasteiger partial charge is 0.243 e. The summed E-state index contributed by atoms with van der Waals surface area (Å²) in [5, 5.41) is 3.80. The lowest BCUT2D eigenvalue weighted by atomic mass is 10.0. The highest BCUT2D eigenvalue weighted by molar-refractivity contribution is 7.92. The van der Waals surface area contributed by atoms with E-state index in [-0.39, 0.29) is 43.8 Å². The van der Waals surface area contributed by atoms with Gasteiger partial charge in [-0.1, -0.05) is 85.6 Å². The molecule has 0 aliphatic carbocycles. The van der Waals surface area contributed by atoms with Crippen LogP contribution in [0, 0.1) is 0 Å². The first-order chi connectivity index (χ1) is 20.4. The lowest BCUT2D eigenvalue weighted by Crippen LogP contribution is -2.52. The van der Waals surface area contributed by atoms with E-state index in [2.05, 4.69) is 5.32 Å². The fourth-order valence-corrected chi connectivity index (χ4v) is 6.02. The summed E-state index contributed by atoms with van der Waals surface area (Å²) >= 11 is 12.4. The molecule has 43 heavy (non-hydrogen) atoms. The van der Waals surface area contributed by atoms with Gasteiger partial charge < -0.3 is 10.2 Å². The van der Waals surface area contributed by atoms with Gasteiger partial charge >= 0.3 is 0 Å². The second-order valence-corrected chi connectivity index (χ2v) is 13.5. The molecule has 0 aliphatic heterocycles. The van der Waals surface area contributed by atoms with Gasteiger partial charge in [0, 0.05) is 32.0 Å². The number of benzene rings is 3. The second kappa shape index (κ2) is 16.1. The quantitative estimate of drug-likeness (QED) is 0.200. The van der Waals surface area contributed by atoms with E-state index in [9.17, 15) is 18.0 Å². The van der Waals surface area contributed by atoms with Gasteiger partial charge in [0.05, 0.1) is 22.0 Å². The summed E-state index contributed by atoms with van der Waals surface area (Å²) < 4.78 is 26.7. The van der Waals surface area contributed by atoms with Crippen molar-refractivity contribution in [3.63, 3.8) is 0 Å². The zero-order chi connectivity index (χ0) is 31.6. The predicted molar refractivity (Wildman–Crippen MR) is 176 cm³/mol. The van der Waals surface area contributed by atoms with Gasteiger partial charge in [-0.3, -0.25) is 13.9 Å². The molecular weight excluding hydrogens is 605 g/mol. The summed E-state index contributed by atoms with van der Waals surface area (Å²) in [6.45, 7) is 6.20. The van der Waals surface area contributed by atoms with Gasteiger partial charge in [0.1, 0.15) is 6.04 Å². The summed E-state index contributed by atoms with van der Waals surface area (Å²) in [7, 11) is -3.58. The second-order valence-electron chi connectivity index (χ2n) is 10.8. The molecule has 0 radical (unpaired) electrons. The van der Waals surface area contributed by atoms with Crippen LogP contribution in [-0.2, 0) is 39.0 Å². The van der Waals surface area contributed by atoms with Crippen molar-refractivity contribution in [2.75, 3.05) is 17.1 Å². The van der Waals surface area contributed by atoms with Crippen molar-refractivity contribution in [3.8, 4) is 0 Å². The summed E-state index contributed by atoms with van der Waals surface area (Å²) in [5.41, 5.74) is 3.29. The maximum Gasteiger partial charge on any atom is 0.243 e. The Morgan fingerprint density at radius 1 is 0.884 bits per heavy atom. The van der Waals surface area contributed by atoms with E-state index in [1.807, 2.05) is 63.2 Å². The number of nitrogens with zero attached hydrogens (tertiary/aromatic N) is 2. The van der Waals surface area contributed by atoms with Crippen molar-refractivity contribution >= 4 is 50.7 Å². The predicted octanol–water partition coefficient (Wildman–Crippen LogP) is 6.66. The van der Waals surface area contributed by atoms with Crippen molar-refractivity contribution in [2.45, 2.75) is 71.5 Å². The Hall–Kier alpha value is -3.07. The van der Waals surface area contributed by atoms with Crippen LogP contribution in [0.25, 0.3) is 0 Å². The van der Waals surface area contributed by atoms with E-state index < -0.39 is 16.1 Å². The van der Waals surface area contributed by atoms with Crippen LogP contribution in [-0.4, -0.2) is 50.0 Å². The molecule has 0 aromatic heterocycles. The largest absolute Gasteiger partial charge is 0.352 e. The molecule has 3 aromatic rings. The van der Waals surface area contributed by atoms with Crippen LogP contribution in [0.5, 0.6) is 0 Å². The highest BCUT2D eigenvalue weighted by Crippen LogP contribution is 2.25. The van der Waals surface area contributed by atoms with Gasteiger partial charge in [-0.15, -0.1) is 0 Å². The molecule has 0 saturated heterocycles. The third-order valence-corrected chi connectivity index (χ3v) is 9.33. The molecule has 2 unspecified atom stereocenters. The van der Waals surface area contributed by atoms with Gasteiger partial charge in [-0.25, -0.2) is 8.42 Å². The lowest BCUT2D eigenvalue weighted by molar-refractivity contribution is -0.141. The first-order valence-electron chi connectivity index (χ1n) is 14.6. The Kier molecular flexibility index (Phi) is 12.9. The summed E-state index contributed by atoms with van der Waals surface area (Å²) in [4.78, 5) is 29.2. The van der Waals surface area contributed by atoms with Crippen molar-refractivity contribution < 1.29 is 18.0 Å². The Bertz CT molecular complexity index is 1470. The molecule has 2 amide bonds. The Balaban J connectivity index is 1.90. The van der Waals surface area contributed by atoms with Crippen molar-refractivity contribution in [1.82, 2.24) is 10.2 Å². The average molecular weight is 647 g/mol. The van der Waals surface area contributed by atoms with E-state index in [1.54, 1.807) is 35.2 Å². The zero-order valence-electron chi connectivity index (χ0n) is 25.2. The molecule has 2 atom stereocenters.